The van der Waals surface area contributed by atoms with Crippen LogP contribution in [0.5, 0.6) is 0 Å². The predicted octanol–water partition coefficient (Wildman–Crippen LogP) is 3.48. The molecular formula is C20H16ClNO5. The van der Waals surface area contributed by atoms with Gasteiger partial charge in [0.25, 0.3) is 5.91 Å². The Morgan fingerprint density at radius 3 is 2.63 bits per heavy atom. The van der Waals surface area contributed by atoms with Crippen LogP contribution in [0.3, 0.4) is 0 Å². The number of hydrogen-bond acceptors (Lipinski definition) is 5. The maximum Gasteiger partial charge on any atom is 0.351 e. The molecule has 3 rings (SSSR count). The van der Waals surface area contributed by atoms with Crippen LogP contribution >= 0.6 is 11.6 Å². The van der Waals surface area contributed by atoms with Gasteiger partial charge in [-0.2, -0.15) is 0 Å². The minimum absolute atomic E-state index is 0.263. The first-order valence-electron chi connectivity index (χ1n) is 8.19. The number of hydrogen-bond donors (Lipinski definition) is 1. The summed E-state index contributed by atoms with van der Waals surface area (Å²) in [7, 11) is 0. The van der Waals surface area contributed by atoms with Crippen molar-refractivity contribution < 1.29 is 18.7 Å². The lowest BCUT2D eigenvalue weighted by atomic mass is 10.1. The van der Waals surface area contributed by atoms with Crippen LogP contribution in [0.1, 0.15) is 28.9 Å². The molecule has 3 aromatic rings. The molecule has 27 heavy (non-hydrogen) atoms. The van der Waals surface area contributed by atoms with Gasteiger partial charge in [-0.3, -0.25) is 4.79 Å². The summed E-state index contributed by atoms with van der Waals surface area (Å²) >= 11 is 6.09. The number of rotatable bonds is 5. The van der Waals surface area contributed by atoms with E-state index in [1.54, 1.807) is 49.4 Å². The van der Waals surface area contributed by atoms with Gasteiger partial charge in [0, 0.05) is 10.4 Å². The van der Waals surface area contributed by atoms with Crippen LogP contribution in [0, 0.1) is 0 Å². The molecule has 7 heteroatoms. The van der Waals surface area contributed by atoms with Gasteiger partial charge in [-0.05, 0) is 30.7 Å². The SMILES string of the molecule is C[C@H](NC(=O)COC(=O)c1cc2ccccc2oc1=O)c1ccccc1Cl. The van der Waals surface area contributed by atoms with Gasteiger partial charge in [-0.15, -0.1) is 0 Å². The lowest BCUT2D eigenvalue weighted by molar-refractivity contribution is -0.124. The summed E-state index contributed by atoms with van der Waals surface area (Å²) in [5.74, 6) is -1.43. The van der Waals surface area contributed by atoms with Crippen LogP contribution in [0.4, 0.5) is 0 Å². The maximum atomic E-state index is 12.1. The molecule has 0 aliphatic rings. The molecule has 6 nitrogen and oxygen atoms in total. The second-order valence-corrected chi connectivity index (χ2v) is 6.28. The minimum atomic E-state index is -0.921. The Labute approximate surface area is 159 Å². The molecule has 138 valence electrons. The molecule has 1 amide bonds. The molecule has 1 atom stereocenters. The first-order valence-corrected chi connectivity index (χ1v) is 8.57. The molecule has 0 bridgehead atoms. The zero-order chi connectivity index (χ0) is 19.4. The van der Waals surface area contributed by atoms with Crippen molar-refractivity contribution >= 4 is 34.4 Å². The average Bonchev–Trinajstić information content (AvgIpc) is 2.65. The van der Waals surface area contributed by atoms with Gasteiger partial charge >= 0.3 is 11.6 Å². The van der Waals surface area contributed by atoms with Crippen molar-refractivity contribution in [1.29, 1.82) is 0 Å². The first kappa shape index (κ1) is 18.7. The van der Waals surface area contributed by atoms with E-state index in [1.807, 2.05) is 6.07 Å². The third-order valence-electron chi connectivity index (χ3n) is 3.94. The number of nitrogens with one attached hydrogen (secondary N) is 1. The van der Waals surface area contributed by atoms with E-state index in [2.05, 4.69) is 5.32 Å². The van der Waals surface area contributed by atoms with Crippen molar-refractivity contribution in [3.05, 3.63) is 81.2 Å². The van der Waals surface area contributed by atoms with Crippen LogP contribution < -0.4 is 10.9 Å². The highest BCUT2D eigenvalue weighted by atomic mass is 35.5. The number of ether oxygens (including phenoxy) is 1. The molecular weight excluding hydrogens is 370 g/mol. The fourth-order valence-corrected chi connectivity index (χ4v) is 2.90. The monoisotopic (exact) mass is 385 g/mol. The molecule has 0 radical (unpaired) electrons. The van der Waals surface area contributed by atoms with Crippen LogP contribution in [0.15, 0.2) is 63.8 Å². The summed E-state index contributed by atoms with van der Waals surface area (Å²) in [5.41, 5.74) is 0.0311. The second-order valence-electron chi connectivity index (χ2n) is 5.87. The molecule has 0 aliphatic carbocycles. The van der Waals surface area contributed by atoms with Gasteiger partial charge in [0.2, 0.25) is 0 Å². The van der Waals surface area contributed by atoms with Crippen molar-refractivity contribution in [3.63, 3.8) is 0 Å². The normalized spacial score (nSPS) is 11.8. The van der Waals surface area contributed by atoms with Crippen LogP contribution in [0.25, 0.3) is 11.0 Å². The number of carbonyl (C=O) groups is 2. The van der Waals surface area contributed by atoms with E-state index < -0.39 is 24.1 Å². The number of benzene rings is 2. The van der Waals surface area contributed by atoms with E-state index in [9.17, 15) is 14.4 Å². The number of halogens is 1. The highest BCUT2D eigenvalue weighted by Gasteiger charge is 2.18. The Kier molecular flexibility index (Phi) is 5.57. The van der Waals surface area contributed by atoms with Gasteiger partial charge < -0.3 is 14.5 Å². The molecule has 0 saturated heterocycles. The zero-order valence-electron chi connectivity index (χ0n) is 14.4. The summed E-state index contributed by atoms with van der Waals surface area (Å²) < 4.78 is 10.0. The first-order chi connectivity index (χ1) is 13.0. The highest BCUT2D eigenvalue weighted by molar-refractivity contribution is 6.31. The molecule has 0 fully saturated rings. The maximum absolute atomic E-state index is 12.1. The summed E-state index contributed by atoms with van der Waals surface area (Å²) in [6, 6.07) is 14.9. The van der Waals surface area contributed by atoms with E-state index in [1.165, 1.54) is 6.07 Å². The zero-order valence-corrected chi connectivity index (χ0v) is 15.2. The number of fused-ring (bicyclic) bond motifs is 1. The number of carbonyl (C=O) groups excluding carboxylic acids is 2. The Morgan fingerprint density at radius 1 is 1.15 bits per heavy atom. The van der Waals surface area contributed by atoms with Crippen LogP contribution in [0.2, 0.25) is 5.02 Å². The molecule has 1 aromatic heterocycles. The van der Waals surface area contributed by atoms with Gasteiger partial charge in [0.05, 0.1) is 6.04 Å². The average molecular weight is 386 g/mol. The Balaban J connectivity index is 1.64. The van der Waals surface area contributed by atoms with Gasteiger partial charge in [0.15, 0.2) is 6.61 Å². The van der Waals surface area contributed by atoms with Crippen molar-refractivity contribution in [2.75, 3.05) is 6.61 Å². The Morgan fingerprint density at radius 2 is 1.85 bits per heavy atom. The minimum Gasteiger partial charge on any atom is -0.452 e. The van der Waals surface area contributed by atoms with Crippen molar-refractivity contribution in [2.24, 2.45) is 0 Å². The van der Waals surface area contributed by atoms with Gasteiger partial charge in [-0.1, -0.05) is 48.0 Å². The summed E-state index contributed by atoms with van der Waals surface area (Å²) in [5, 5.41) is 3.79. The van der Waals surface area contributed by atoms with E-state index in [0.29, 0.717) is 16.0 Å². The quantitative estimate of drug-likeness (QED) is 0.536. The molecule has 0 aliphatic heterocycles. The Bertz CT molecular complexity index is 1060. The molecule has 0 unspecified atom stereocenters. The second kappa shape index (κ2) is 8.05. The van der Waals surface area contributed by atoms with Crippen LogP contribution in [-0.2, 0) is 9.53 Å². The number of esters is 1. The largest absolute Gasteiger partial charge is 0.452 e. The molecule has 1 N–H and O–H groups in total. The molecule has 2 aromatic carbocycles. The molecule has 0 saturated carbocycles. The van der Waals surface area contributed by atoms with Crippen molar-refractivity contribution in [3.8, 4) is 0 Å². The fourth-order valence-electron chi connectivity index (χ4n) is 2.60. The smallest absolute Gasteiger partial charge is 0.351 e. The third kappa shape index (κ3) is 4.35. The van der Waals surface area contributed by atoms with Gasteiger partial charge in [-0.25, -0.2) is 9.59 Å². The highest BCUT2D eigenvalue weighted by Crippen LogP contribution is 2.22. The summed E-state index contributed by atoms with van der Waals surface area (Å²) in [4.78, 5) is 36.1. The molecule has 1 heterocycles. The third-order valence-corrected chi connectivity index (χ3v) is 4.29. The predicted molar refractivity (Wildman–Crippen MR) is 101 cm³/mol. The fraction of sp³-hybridized carbons (Fsp3) is 0.150. The Hall–Kier alpha value is -3.12. The molecule has 0 spiro atoms. The standard InChI is InChI=1S/C20H16ClNO5/c1-12(14-7-3-4-8-16(14)21)22-18(23)11-26-19(24)15-10-13-6-2-5-9-17(13)27-20(15)25/h2-10,12H,11H2,1H3,(H,22,23)/t12-/m0/s1. The lowest BCUT2D eigenvalue weighted by Crippen LogP contribution is -2.31. The van der Waals surface area contributed by atoms with E-state index in [-0.39, 0.29) is 11.6 Å². The number of amides is 1. The number of para-hydroxylation sites is 1. The topological polar surface area (TPSA) is 85.6 Å². The van der Waals surface area contributed by atoms with E-state index in [4.69, 9.17) is 20.8 Å². The van der Waals surface area contributed by atoms with Crippen LogP contribution in [-0.4, -0.2) is 18.5 Å². The lowest BCUT2D eigenvalue weighted by Gasteiger charge is -2.15. The summed E-state index contributed by atoms with van der Waals surface area (Å²) in [6.45, 7) is 1.23. The van der Waals surface area contributed by atoms with Gasteiger partial charge in [0.1, 0.15) is 11.1 Å². The van der Waals surface area contributed by atoms with E-state index >= 15 is 0 Å². The van der Waals surface area contributed by atoms with Crippen molar-refractivity contribution in [1.82, 2.24) is 5.32 Å². The van der Waals surface area contributed by atoms with E-state index in [0.717, 1.165) is 5.56 Å². The van der Waals surface area contributed by atoms with Crippen molar-refractivity contribution in [2.45, 2.75) is 13.0 Å². The summed E-state index contributed by atoms with van der Waals surface area (Å²) in [6.07, 6.45) is 0.